The predicted octanol–water partition coefficient (Wildman–Crippen LogP) is 1.87. The fraction of sp³-hybridized carbons (Fsp3) is 0.143. The number of halogens is 2. The van der Waals surface area contributed by atoms with Crippen LogP contribution in [0.3, 0.4) is 0 Å². The number of nitrogens with two attached hydrogens (primary N) is 2. The van der Waals surface area contributed by atoms with Crippen molar-refractivity contribution in [3.63, 3.8) is 0 Å². The molecule has 2 aromatic rings. The van der Waals surface area contributed by atoms with Gasteiger partial charge in [-0.25, -0.2) is 8.78 Å². The van der Waals surface area contributed by atoms with Crippen molar-refractivity contribution in [3.8, 4) is 11.5 Å². The Balaban J connectivity index is 2.02. The molecule has 0 saturated carbocycles. The van der Waals surface area contributed by atoms with Crippen LogP contribution in [0.5, 0.6) is 11.5 Å². The Bertz CT molecular complexity index is 572. The molecule has 0 bridgehead atoms. The van der Waals surface area contributed by atoms with Crippen molar-refractivity contribution in [1.29, 1.82) is 0 Å². The van der Waals surface area contributed by atoms with E-state index < -0.39 is 11.6 Å². The van der Waals surface area contributed by atoms with E-state index in [1.54, 1.807) is 0 Å². The fourth-order valence-electron chi connectivity index (χ4n) is 1.77. The Morgan fingerprint density at radius 1 is 0.810 bits per heavy atom. The van der Waals surface area contributed by atoms with E-state index in [1.807, 2.05) is 0 Å². The van der Waals surface area contributed by atoms with Gasteiger partial charge in [0.15, 0.2) is 0 Å². The van der Waals surface area contributed by atoms with E-state index in [1.165, 1.54) is 36.4 Å². The Hall–Kier alpha value is -2.12. The van der Waals surface area contributed by atoms with Crippen LogP contribution in [0, 0.1) is 11.6 Å². The molecule has 0 aliphatic heterocycles. The molecule has 4 nitrogen and oxygen atoms in total. The molecule has 0 atom stereocenters. The highest BCUT2D eigenvalue weighted by Gasteiger charge is 2.09. The lowest BCUT2D eigenvalue weighted by molar-refractivity contribution is 0.450. The molecule has 0 unspecified atom stereocenters. The average molecular weight is 291 g/mol. The standard InChI is InChI=1S/C14H14BF2N2O2/c16-11-1-3-13(9(5-11)7-18)20-15-21-14-4-2-12(17)6-10(14)8-19/h1-6H,7-8,18-19H2. The predicted molar refractivity (Wildman–Crippen MR) is 75.6 cm³/mol. The maximum Gasteiger partial charge on any atom is 0.658 e. The second-order valence-corrected chi connectivity index (χ2v) is 4.24. The summed E-state index contributed by atoms with van der Waals surface area (Å²) in [6, 6.07) is 7.98. The molecular weight excluding hydrogens is 277 g/mol. The van der Waals surface area contributed by atoms with E-state index in [0.29, 0.717) is 22.6 Å². The first-order chi connectivity index (χ1) is 10.1. The summed E-state index contributed by atoms with van der Waals surface area (Å²) in [4.78, 5) is 0. The molecule has 2 aromatic carbocycles. The average Bonchev–Trinajstić information content (AvgIpc) is 2.49. The zero-order chi connectivity index (χ0) is 15.2. The summed E-state index contributed by atoms with van der Waals surface area (Å²) in [7, 11) is 1.07. The first-order valence-electron chi connectivity index (χ1n) is 6.26. The van der Waals surface area contributed by atoms with E-state index >= 15 is 0 Å². The van der Waals surface area contributed by atoms with Gasteiger partial charge in [-0.3, -0.25) is 0 Å². The maximum atomic E-state index is 13.1. The third kappa shape index (κ3) is 3.93. The molecule has 2 rings (SSSR count). The Morgan fingerprint density at radius 3 is 1.62 bits per heavy atom. The smallest absolute Gasteiger partial charge is 0.526 e. The van der Waals surface area contributed by atoms with Gasteiger partial charge in [0.05, 0.1) is 0 Å². The van der Waals surface area contributed by atoms with Crippen molar-refractivity contribution in [2.75, 3.05) is 0 Å². The van der Waals surface area contributed by atoms with Gasteiger partial charge >= 0.3 is 7.69 Å². The summed E-state index contributed by atoms with van der Waals surface area (Å²) in [5, 5.41) is 0. The minimum Gasteiger partial charge on any atom is -0.526 e. The van der Waals surface area contributed by atoms with Crippen molar-refractivity contribution >= 4 is 7.69 Å². The molecule has 0 heterocycles. The van der Waals surface area contributed by atoms with Gasteiger partial charge in [-0.1, -0.05) is 0 Å². The maximum absolute atomic E-state index is 13.1. The van der Waals surface area contributed by atoms with E-state index in [2.05, 4.69) is 0 Å². The summed E-state index contributed by atoms with van der Waals surface area (Å²) in [5.74, 6) is -0.0223. The third-order valence-corrected chi connectivity index (χ3v) is 2.84. The summed E-state index contributed by atoms with van der Waals surface area (Å²) >= 11 is 0. The number of hydrogen-bond donors (Lipinski definition) is 2. The van der Waals surface area contributed by atoms with Crippen LogP contribution in [0.15, 0.2) is 36.4 Å². The number of rotatable bonds is 6. The molecule has 0 aliphatic carbocycles. The minimum absolute atomic E-state index is 0.130. The molecule has 0 amide bonds. The van der Waals surface area contributed by atoms with Crippen molar-refractivity contribution in [2.45, 2.75) is 13.1 Å². The van der Waals surface area contributed by atoms with Crippen LogP contribution < -0.4 is 20.8 Å². The van der Waals surface area contributed by atoms with E-state index in [4.69, 9.17) is 20.8 Å². The second kappa shape index (κ2) is 7.05. The molecule has 7 heteroatoms. The van der Waals surface area contributed by atoms with Gasteiger partial charge in [-0.05, 0) is 36.4 Å². The normalized spacial score (nSPS) is 10.3. The zero-order valence-electron chi connectivity index (χ0n) is 11.2. The van der Waals surface area contributed by atoms with E-state index in [-0.39, 0.29) is 13.1 Å². The topological polar surface area (TPSA) is 70.5 Å². The van der Waals surface area contributed by atoms with Gasteiger partial charge in [0.25, 0.3) is 0 Å². The lowest BCUT2D eigenvalue weighted by Crippen LogP contribution is -2.14. The van der Waals surface area contributed by atoms with Gasteiger partial charge in [0, 0.05) is 24.2 Å². The Morgan fingerprint density at radius 2 is 1.24 bits per heavy atom. The summed E-state index contributed by atoms with van der Waals surface area (Å²) in [6.07, 6.45) is 0. The van der Waals surface area contributed by atoms with Crippen molar-refractivity contribution in [1.82, 2.24) is 0 Å². The van der Waals surface area contributed by atoms with Crippen LogP contribution in [0.1, 0.15) is 11.1 Å². The highest BCUT2D eigenvalue weighted by Crippen LogP contribution is 2.21. The van der Waals surface area contributed by atoms with Crippen LogP contribution in [-0.4, -0.2) is 7.69 Å². The first-order valence-corrected chi connectivity index (χ1v) is 6.26. The molecule has 21 heavy (non-hydrogen) atoms. The summed E-state index contributed by atoms with van der Waals surface area (Å²) < 4.78 is 36.7. The minimum atomic E-state index is -0.396. The Kier molecular flexibility index (Phi) is 5.13. The molecule has 0 saturated heterocycles. The fourth-order valence-corrected chi connectivity index (χ4v) is 1.77. The largest absolute Gasteiger partial charge is 0.658 e. The van der Waals surface area contributed by atoms with Crippen molar-refractivity contribution in [2.24, 2.45) is 11.5 Å². The van der Waals surface area contributed by atoms with Crippen LogP contribution in [0.25, 0.3) is 0 Å². The third-order valence-electron chi connectivity index (χ3n) is 2.84. The van der Waals surface area contributed by atoms with Crippen LogP contribution >= 0.6 is 0 Å². The molecule has 0 aliphatic rings. The highest BCUT2D eigenvalue weighted by molar-refractivity contribution is 6.20. The highest BCUT2D eigenvalue weighted by atomic mass is 19.1. The van der Waals surface area contributed by atoms with Gasteiger partial charge in [0.1, 0.15) is 23.1 Å². The molecule has 1 radical (unpaired) electrons. The quantitative estimate of drug-likeness (QED) is 0.797. The van der Waals surface area contributed by atoms with Gasteiger partial charge < -0.3 is 20.8 Å². The molecule has 0 spiro atoms. The van der Waals surface area contributed by atoms with Crippen molar-refractivity contribution < 1.29 is 18.1 Å². The van der Waals surface area contributed by atoms with Crippen LogP contribution in [0.2, 0.25) is 0 Å². The molecule has 109 valence electrons. The van der Waals surface area contributed by atoms with Gasteiger partial charge in [-0.2, -0.15) is 0 Å². The Labute approximate surface area is 122 Å². The first kappa shape index (κ1) is 15.3. The van der Waals surface area contributed by atoms with Crippen LogP contribution in [-0.2, 0) is 13.1 Å². The number of benzene rings is 2. The van der Waals surface area contributed by atoms with E-state index in [0.717, 1.165) is 7.69 Å². The zero-order valence-corrected chi connectivity index (χ0v) is 11.2. The second-order valence-electron chi connectivity index (χ2n) is 4.24. The lowest BCUT2D eigenvalue weighted by Gasteiger charge is -2.12. The van der Waals surface area contributed by atoms with Gasteiger partial charge in [0.2, 0.25) is 0 Å². The van der Waals surface area contributed by atoms with E-state index in [9.17, 15) is 8.78 Å². The van der Waals surface area contributed by atoms with Gasteiger partial charge in [-0.15, -0.1) is 0 Å². The number of hydrogen-bond acceptors (Lipinski definition) is 4. The molecule has 4 N–H and O–H groups in total. The molecule has 0 fully saturated rings. The summed E-state index contributed by atoms with van der Waals surface area (Å²) in [6.45, 7) is 0.261. The van der Waals surface area contributed by atoms with Crippen molar-refractivity contribution in [3.05, 3.63) is 59.2 Å². The summed E-state index contributed by atoms with van der Waals surface area (Å²) in [5.41, 5.74) is 12.0. The van der Waals surface area contributed by atoms with Crippen LogP contribution in [0.4, 0.5) is 8.78 Å². The molecule has 0 aromatic heterocycles. The monoisotopic (exact) mass is 291 g/mol. The lowest BCUT2D eigenvalue weighted by atomic mass is 10.1. The SMILES string of the molecule is NCc1cc(F)ccc1O[B]Oc1ccc(F)cc1CN. The molecular formula is C14H14BF2N2O2.